The van der Waals surface area contributed by atoms with Gasteiger partial charge in [-0.15, -0.1) is 0 Å². The van der Waals surface area contributed by atoms with Crippen LogP contribution in [0.3, 0.4) is 0 Å². The summed E-state index contributed by atoms with van der Waals surface area (Å²) in [5, 5.41) is 3.39. The van der Waals surface area contributed by atoms with Gasteiger partial charge in [0.2, 0.25) is 5.91 Å². The van der Waals surface area contributed by atoms with Crippen molar-refractivity contribution in [2.24, 2.45) is 0 Å². The van der Waals surface area contributed by atoms with Gasteiger partial charge in [-0.25, -0.2) is 18.7 Å². The van der Waals surface area contributed by atoms with Gasteiger partial charge in [-0.05, 0) is 37.5 Å². The second-order valence-electron chi connectivity index (χ2n) is 7.39. The standard InChI is InChI=1S/C21H23F2N5O3S/c1-3-27-17(16(22)23)26-19-15(20(27)30)25-21(32-19)28-10-4-5-14(28)18(29)24-11-12-6-8-13(31-2)9-7-12/h6-9,14,16H,3-5,10-11H2,1-2H3,(H,24,29)/t14-/m1/s1. The molecule has 0 saturated carbocycles. The zero-order valence-electron chi connectivity index (χ0n) is 17.7. The van der Waals surface area contributed by atoms with E-state index in [2.05, 4.69) is 15.3 Å². The molecule has 1 saturated heterocycles. The van der Waals surface area contributed by atoms with Gasteiger partial charge in [-0.1, -0.05) is 23.5 Å². The van der Waals surface area contributed by atoms with E-state index in [1.54, 1.807) is 14.0 Å². The lowest BCUT2D eigenvalue weighted by atomic mass is 10.2. The van der Waals surface area contributed by atoms with E-state index >= 15 is 0 Å². The van der Waals surface area contributed by atoms with Crippen molar-refractivity contribution in [2.75, 3.05) is 18.6 Å². The first kappa shape index (κ1) is 22.1. The van der Waals surface area contributed by atoms with Crippen LogP contribution in [0.15, 0.2) is 29.1 Å². The van der Waals surface area contributed by atoms with Crippen LogP contribution in [-0.2, 0) is 17.9 Å². The Hall–Kier alpha value is -3.08. The Kier molecular flexibility index (Phi) is 6.35. The average molecular weight is 464 g/mol. The SMILES string of the molecule is CCn1c(C(F)F)nc2sc(N3CCC[C@@H]3C(=O)NCc3ccc(OC)cc3)nc2c1=O. The molecule has 0 spiro atoms. The minimum absolute atomic E-state index is 0.0561. The molecule has 1 aliphatic heterocycles. The molecule has 3 aromatic rings. The number of nitrogens with one attached hydrogen (secondary N) is 1. The van der Waals surface area contributed by atoms with Crippen LogP contribution in [0.2, 0.25) is 0 Å². The van der Waals surface area contributed by atoms with Crippen molar-refractivity contribution in [2.45, 2.75) is 45.3 Å². The summed E-state index contributed by atoms with van der Waals surface area (Å²) in [6.07, 6.45) is -1.44. The number of hydrogen-bond acceptors (Lipinski definition) is 7. The molecule has 170 valence electrons. The second-order valence-corrected chi connectivity index (χ2v) is 8.34. The summed E-state index contributed by atoms with van der Waals surface area (Å²) < 4.78 is 32.8. The van der Waals surface area contributed by atoms with Gasteiger partial charge in [0.25, 0.3) is 12.0 Å². The Morgan fingerprint density at radius 1 is 1.31 bits per heavy atom. The molecule has 4 rings (SSSR count). The van der Waals surface area contributed by atoms with Crippen LogP contribution >= 0.6 is 11.3 Å². The van der Waals surface area contributed by atoms with Crippen LogP contribution < -0.4 is 20.5 Å². The number of nitrogens with zero attached hydrogens (tertiary/aromatic N) is 4. The fourth-order valence-corrected chi connectivity index (χ4v) is 4.84. The van der Waals surface area contributed by atoms with E-state index in [9.17, 15) is 18.4 Å². The molecule has 1 aromatic carbocycles. The maximum absolute atomic E-state index is 13.4. The Morgan fingerprint density at radius 2 is 2.06 bits per heavy atom. The van der Waals surface area contributed by atoms with Crippen LogP contribution in [0, 0.1) is 0 Å². The average Bonchev–Trinajstić information content (AvgIpc) is 3.45. The molecule has 0 bridgehead atoms. The number of ether oxygens (including phenoxy) is 1. The molecule has 1 aliphatic rings. The van der Waals surface area contributed by atoms with Gasteiger partial charge in [0.05, 0.1) is 7.11 Å². The van der Waals surface area contributed by atoms with Gasteiger partial charge in [-0.2, -0.15) is 0 Å². The third-order valence-corrected chi connectivity index (χ3v) is 6.46. The minimum atomic E-state index is -2.86. The maximum atomic E-state index is 13.4. The highest BCUT2D eigenvalue weighted by molar-refractivity contribution is 7.21. The first-order chi connectivity index (χ1) is 15.4. The van der Waals surface area contributed by atoms with E-state index in [0.717, 1.165) is 33.6 Å². The van der Waals surface area contributed by atoms with E-state index in [4.69, 9.17) is 4.74 Å². The van der Waals surface area contributed by atoms with Crippen molar-refractivity contribution >= 4 is 32.7 Å². The molecule has 3 heterocycles. The number of carbonyl (C=O) groups excluding carboxylic acids is 1. The van der Waals surface area contributed by atoms with E-state index in [-0.39, 0.29) is 22.8 Å². The number of anilines is 1. The number of fused-ring (bicyclic) bond motifs is 1. The molecule has 0 aliphatic carbocycles. The summed E-state index contributed by atoms with van der Waals surface area (Å²) in [6.45, 7) is 2.64. The van der Waals surface area contributed by atoms with Gasteiger partial charge in [0, 0.05) is 19.6 Å². The highest BCUT2D eigenvalue weighted by Gasteiger charge is 2.33. The molecule has 11 heteroatoms. The van der Waals surface area contributed by atoms with E-state index in [1.807, 2.05) is 29.2 Å². The van der Waals surface area contributed by atoms with Crippen molar-refractivity contribution in [1.29, 1.82) is 0 Å². The van der Waals surface area contributed by atoms with Crippen LogP contribution in [0.5, 0.6) is 5.75 Å². The van der Waals surface area contributed by atoms with Gasteiger partial charge >= 0.3 is 0 Å². The fourth-order valence-electron chi connectivity index (χ4n) is 3.83. The molecule has 1 N–H and O–H groups in total. The Balaban J connectivity index is 1.55. The fraction of sp³-hybridized carbons (Fsp3) is 0.429. The largest absolute Gasteiger partial charge is 0.497 e. The quantitative estimate of drug-likeness (QED) is 0.579. The Morgan fingerprint density at radius 3 is 2.72 bits per heavy atom. The lowest BCUT2D eigenvalue weighted by Gasteiger charge is -2.23. The minimum Gasteiger partial charge on any atom is -0.497 e. The molecule has 0 unspecified atom stereocenters. The number of carbonyl (C=O) groups is 1. The molecule has 1 amide bonds. The van der Waals surface area contributed by atoms with Crippen LogP contribution in [0.4, 0.5) is 13.9 Å². The highest BCUT2D eigenvalue weighted by atomic mass is 32.1. The second kappa shape index (κ2) is 9.19. The number of aromatic nitrogens is 3. The number of halogens is 2. The monoisotopic (exact) mass is 463 g/mol. The molecule has 8 nitrogen and oxygen atoms in total. The molecule has 1 atom stereocenters. The number of methoxy groups -OCH3 is 1. The summed E-state index contributed by atoms with van der Waals surface area (Å²) >= 11 is 1.06. The predicted molar refractivity (Wildman–Crippen MR) is 118 cm³/mol. The number of amides is 1. The third kappa shape index (κ3) is 4.16. The van der Waals surface area contributed by atoms with E-state index < -0.39 is 23.9 Å². The van der Waals surface area contributed by atoms with Crippen molar-refractivity contribution in [1.82, 2.24) is 19.9 Å². The number of benzene rings is 1. The summed E-state index contributed by atoms with van der Waals surface area (Å²) in [5.41, 5.74) is 0.406. The van der Waals surface area contributed by atoms with Gasteiger partial charge in [0.15, 0.2) is 21.3 Å². The molecular formula is C21H23F2N5O3S. The highest BCUT2D eigenvalue weighted by Crippen LogP contribution is 2.32. The van der Waals surface area contributed by atoms with Crippen molar-refractivity contribution < 1.29 is 18.3 Å². The van der Waals surface area contributed by atoms with E-state index in [0.29, 0.717) is 24.6 Å². The summed E-state index contributed by atoms with van der Waals surface area (Å²) in [5.74, 6) is 0.0313. The summed E-state index contributed by atoms with van der Waals surface area (Å²) in [4.78, 5) is 35.9. The van der Waals surface area contributed by atoms with Crippen molar-refractivity contribution in [3.63, 3.8) is 0 Å². The van der Waals surface area contributed by atoms with E-state index in [1.165, 1.54) is 0 Å². The Bertz CT molecular complexity index is 1180. The number of alkyl halides is 2. The summed E-state index contributed by atoms with van der Waals surface area (Å²) in [7, 11) is 1.59. The topological polar surface area (TPSA) is 89.3 Å². The molecule has 2 aromatic heterocycles. The number of thiazole rings is 1. The van der Waals surface area contributed by atoms with Gasteiger partial charge in [-0.3, -0.25) is 14.2 Å². The zero-order chi connectivity index (χ0) is 22.8. The number of hydrogen-bond donors (Lipinski definition) is 1. The Labute approximate surface area is 186 Å². The number of rotatable bonds is 7. The molecule has 32 heavy (non-hydrogen) atoms. The van der Waals surface area contributed by atoms with Crippen molar-refractivity contribution in [3.05, 3.63) is 46.0 Å². The lowest BCUT2D eigenvalue weighted by molar-refractivity contribution is -0.122. The zero-order valence-corrected chi connectivity index (χ0v) is 18.5. The first-order valence-corrected chi connectivity index (χ1v) is 11.1. The first-order valence-electron chi connectivity index (χ1n) is 10.3. The van der Waals surface area contributed by atoms with Gasteiger partial charge < -0.3 is 15.0 Å². The summed E-state index contributed by atoms with van der Waals surface area (Å²) in [6, 6.07) is 6.97. The third-order valence-electron chi connectivity index (χ3n) is 5.48. The molecule has 1 fully saturated rings. The van der Waals surface area contributed by atoms with Crippen LogP contribution in [0.1, 0.15) is 37.6 Å². The van der Waals surface area contributed by atoms with Crippen LogP contribution in [-0.4, -0.2) is 40.1 Å². The molecular weight excluding hydrogens is 440 g/mol. The maximum Gasteiger partial charge on any atom is 0.295 e. The predicted octanol–water partition coefficient (Wildman–Crippen LogP) is 3.10. The lowest BCUT2D eigenvalue weighted by Crippen LogP contribution is -2.43. The van der Waals surface area contributed by atoms with Crippen LogP contribution in [0.25, 0.3) is 10.3 Å². The van der Waals surface area contributed by atoms with Gasteiger partial charge in [0.1, 0.15) is 11.8 Å². The normalized spacial score (nSPS) is 16.2. The molecule has 0 radical (unpaired) electrons. The van der Waals surface area contributed by atoms with Crippen molar-refractivity contribution in [3.8, 4) is 5.75 Å². The smallest absolute Gasteiger partial charge is 0.295 e.